The third-order valence-corrected chi connectivity index (χ3v) is 3.47. The van der Waals surface area contributed by atoms with Crippen LogP contribution < -0.4 is 29.6 Å². The van der Waals surface area contributed by atoms with Gasteiger partial charge in [-0.1, -0.05) is 76.8 Å². The Kier molecular flexibility index (Phi) is 5.84. The van der Waals surface area contributed by atoms with Crippen LogP contribution in [0.5, 0.6) is 0 Å². The molecule has 0 saturated heterocycles. The summed E-state index contributed by atoms with van der Waals surface area (Å²) in [5.41, 5.74) is 0.294. The Hall–Kier alpha value is 0.440. The summed E-state index contributed by atoms with van der Waals surface area (Å²) in [6, 6.07) is 0.291. The quantitative estimate of drug-likeness (QED) is 0.625. The maximum absolute atomic E-state index is 4.92. The van der Waals surface area contributed by atoms with Crippen LogP contribution in [0.25, 0.3) is 5.32 Å². The molecule has 15 heavy (non-hydrogen) atoms. The molecule has 0 aromatic rings. The molecular weight excluding hydrogens is 193 g/mol. The van der Waals surface area contributed by atoms with E-state index in [1.54, 1.807) is 0 Å². The van der Waals surface area contributed by atoms with E-state index in [4.69, 9.17) is 5.32 Å². The van der Waals surface area contributed by atoms with Gasteiger partial charge in [-0.05, 0) is 0 Å². The maximum Gasteiger partial charge on any atom is 1.00 e. The van der Waals surface area contributed by atoms with Crippen molar-refractivity contribution in [3.05, 3.63) is 29.6 Å². The van der Waals surface area contributed by atoms with E-state index in [-0.39, 0.29) is 40.5 Å². The third-order valence-electron chi connectivity index (χ3n) is 3.47. The zero-order chi connectivity index (χ0) is 10.8. The van der Waals surface area contributed by atoms with Gasteiger partial charge in [0, 0.05) is 0 Å². The fraction of sp³-hybridized carbons (Fsp3) is 0.692. The molecule has 1 rings (SSSR count). The first-order chi connectivity index (χ1) is 6.39. The van der Waals surface area contributed by atoms with Gasteiger partial charge < -0.3 is 5.32 Å². The van der Waals surface area contributed by atoms with Crippen molar-refractivity contribution in [1.29, 1.82) is 0 Å². The molecule has 1 unspecified atom stereocenters. The molecular formula is C13H22NNa. The first kappa shape index (κ1) is 15.4. The standard InChI is InChI=1S/C13H22N.Na/c1-6-13(5,12(2,3)4)14-11-9-7-8-10-11;/h7-11H,6H2,1-5H3;/q-1;+1. The molecule has 1 aliphatic carbocycles. The predicted molar refractivity (Wildman–Crippen MR) is 63.6 cm³/mol. The number of hydrogen-bond acceptors (Lipinski definition) is 0. The average molecular weight is 215 g/mol. The zero-order valence-corrected chi connectivity index (χ0v) is 13.0. The van der Waals surface area contributed by atoms with Gasteiger partial charge in [0.15, 0.2) is 0 Å². The first-order valence-electron chi connectivity index (χ1n) is 5.46. The number of rotatable bonds is 3. The van der Waals surface area contributed by atoms with E-state index in [1.165, 1.54) is 0 Å². The van der Waals surface area contributed by atoms with Crippen LogP contribution in [-0.2, 0) is 0 Å². The van der Waals surface area contributed by atoms with E-state index in [2.05, 4.69) is 58.9 Å². The van der Waals surface area contributed by atoms with Crippen molar-refractivity contribution in [3.8, 4) is 0 Å². The molecule has 2 heteroatoms. The molecule has 0 amide bonds. The largest absolute Gasteiger partial charge is 1.00 e. The number of allylic oxidation sites excluding steroid dienone is 2. The molecule has 1 nitrogen and oxygen atoms in total. The van der Waals surface area contributed by atoms with E-state index < -0.39 is 0 Å². The molecule has 0 aliphatic heterocycles. The van der Waals surface area contributed by atoms with Crippen molar-refractivity contribution in [2.24, 2.45) is 5.41 Å². The topological polar surface area (TPSA) is 14.1 Å². The van der Waals surface area contributed by atoms with Gasteiger partial charge in [-0.3, -0.25) is 0 Å². The number of nitrogens with zero attached hydrogens (tertiary/aromatic N) is 1. The second kappa shape index (κ2) is 5.67. The summed E-state index contributed by atoms with van der Waals surface area (Å²) < 4.78 is 0. The van der Waals surface area contributed by atoms with Gasteiger partial charge in [0.05, 0.1) is 0 Å². The Balaban J connectivity index is 0.00000196. The van der Waals surface area contributed by atoms with Gasteiger partial charge in [0.2, 0.25) is 0 Å². The fourth-order valence-corrected chi connectivity index (χ4v) is 1.65. The minimum absolute atomic E-state index is 0. The molecule has 0 saturated carbocycles. The van der Waals surface area contributed by atoms with Crippen molar-refractivity contribution >= 4 is 0 Å². The minimum atomic E-state index is 0. The SMILES string of the molecule is CCC(C)([N-]C1C=CC=C1)C(C)(C)C.[Na+]. The Morgan fingerprint density at radius 2 is 1.53 bits per heavy atom. The first-order valence-corrected chi connectivity index (χ1v) is 5.46. The van der Waals surface area contributed by atoms with E-state index in [0.29, 0.717) is 6.04 Å². The molecule has 1 aliphatic rings. The van der Waals surface area contributed by atoms with Gasteiger partial charge in [0.25, 0.3) is 0 Å². The molecule has 0 aromatic heterocycles. The summed E-state index contributed by atoms with van der Waals surface area (Å²) in [5, 5.41) is 4.92. The van der Waals surface area contributed by atoms with Crippen LogP contribution in [0.3, 0.4) is 0 Å². The van der Waals surface area contributed by atoms with Gasteiger partial charge in [-0.2, -0.15) is 0 Å². The second-order valence-corrected chi connectivity index (χ2v) is 5.27. The van der Waals surface area contributed by atoms with Crippen LogP contribution in [-0.4, -0.2) is 11.6 Å². The van der Waals surface area contributed by atoms with E-state index in [0.717, 1.165) is 6.42 Å². The molecule has 0 fully saturated rings. The van der Waals surface area contributed by atoms with E-state index in [1.807, 2.05) is 0 Å². The summed E-state index contributed by atoms with van der Waals surface area (Å²) in [6.07, 6.45) is 9.55. The minimum Gasteiger partial charge on any atom is -0.647 e. The Labute approximate surface area is 117 Å². The molecule has 0 spiro atoms. The Morgan fingerprint density at radius 1 is 1.07 bits per heavy atom. The molecule has 0 radical (unpaired) electrons. The Morgan fingerprint density at radius 3 is 1.87 bits per heavy atom. The molecule has 0 heterocycles. The molecule has 1 atom stereocenters. The van der Waals surface area contributed by atoms with Crippen molar-refractivity contribution in [2.75, 3.05) is 0 Å². The van der Waals surface area contributed by atoms with Crippen LogP contribution in [0.2, 0.25) is 0 Å². The second-order valence-electron chi connectivity index (χ2n) is 5.27. The summed E-state index contributed by atoms with van der Waals surface area (Å²) >= 11 is 0. The zero-order valence-electron chi connectivity index (χ0n) is 11.0. The number of hydrogen-bond donors (Lipinski definition) is 0. The van der Waals surface area contributed by atoms with Crippen LogP contribution in [0.1, 0.15) is 41.0 Å². The summed E-state index contributed by atoms with van der Waals surface area (Å²) in [5.74, 6) is 0. The monoisotopic (exact) mass is 215 g/mol. The van der Waals surface area contributed by atoms with E-state index in [9.17, 15) is 0 Å². The van der Waals surface area contributed by atoms with Crippen molar-refractivity contribution in [1.82, 2.24) is 0 Å². The smallest absolute Gasteiger partial charge is 0.647 e. The normalized spacial score (nSPS) is 20.1. The molecule has 0 N–H and O–H groups in total. The predicted octanol–water partition coefficient (Wildman–Crippen LogP) is 1.07. The average Bonchev–Trinajstić information content (AvgIpc) is 2.54. The van der Waals surface area contributed by atoms with Gasteiger partial charge >= 0.3 is 29.6 Å². The molecule has 0 aromatic carbocycles. The molecule has 80 valence electrons. The van der Waals surface area contributed by atoms with Gasteiger partial charge in [0.1, 0.15) is 0 Å². The third kappa shape index (κ3) is 3.74. The maximum atomic E-state index is 4.92. The summed E-state index contributed by atoms with van der Waals surface area (Å²) in [4.78, 5) is 0. The van der Waals surface area contributed by atoms with Crippen molar-refractivity contribution in [3.63, 3.8) is 0 Å². The van der Waals surface area contributed by atoms with E-state index >= 15 is 0 Å². The van der Waals surface area contributed by atoms with Crippen LogP contribution in [0.4, 0.5) is 0 Å². The van der Waals surface area contributed by atoms with Crippen LogP contribution in [0, 0.1) is 5.41 Å². The van der Waals surface area contributed by atoms with Crippen molar-refractivity contribution in [2.45, 2.75) is 52.6 Å². The van der Waals surface area contributed by atoms with Crippen LogP contribution >= 0.6 is 0 Å². The molecule has 0 bridgehead atoms. The summed E-state index contributed by atoms with van der Waals surface area (Å²) in [7, 11) is 0. The Bertz CT molecular complexity index is 238. The fourth-order valence-electron chi connectivity index (χ4n) is 1.65. The van der Waals surface area contributed by atoms with Gasteiger partial charge in [-0.15, -0.1) is 5.54 Å². The van der Waals surface area contributed by atoms with Gasteiger partial charge in [-0.25, -0.2) is 0 Å². The van der Waals surface area contributed by atoms with Crippen LogP contribution in [0.15, 0.2) is 24.3 Å². The summed E-state index contributed by atoms with van der Waals surface area (Å²) in [6.45, 7) is 11.3. The van der Waals surface area contributed by atoms with Crippen molar-refractivity contribution < 1.29 is 29.6 Å².